The van der Waals surface area contributed by atoms with E-state index in [1.54, 1.807) is 12.3 Å². The van der Waals surface area contributed by atoms with Crippen LogP contribution in [0.1, 0.15) is 17.6 Å². The lowest BCUT2D eigenvalue weighted by molar-refractivity contribution is 0.109. The first-order valence-corrected chi connectivity index (χ1v) is 5.52. The summed E-state index contributed by atoms with van der Waals surface area (Å²) < 4.78 is 0. The molecule has 1 fully saturated rings. The zero-order chi connectivity index (χ0) is 11.5. The van der Waals surface area contributed by atoms with E-state index in [9.17, 15) is 0 Å². The highest BCUT2D eigenvalue weighted by Crippen LogP contribution is 2.19. The van der Waals surface area contributed by atoms with Gasteiger partial charge < -0.3 is 10.0 Å². The van der Waals surface area contributed by atoms with Gasteiger partial charge in [-0.05, 0) is 20.2 Å². The van der Waals surface area contributed by atoms with Crippen molar-refractivity contribution in [3.05, 3.63) is 23.8 Å². The van der Waals surface area contributed by atoms with Gasteiger partial charge in [0, 0.05) is 25.8 Å². The summed E-state index contributed by atoms with van der Waals surface area (Å²) in [6, 6.07) is 1.97. The van der Waals surface area contributed by atoms with Crippen molar-refractivity contribution in [1.82, 2.24) is 19.8 Å². The summed E-state index contributed by atoms with van der Waals surface area (Å²) in [6.45, 7) is 3.01. The number of hydrogen-bond acceptors (Lipinski definition) is 5. The van der Waals surface area contributed by atoms with E-state index in [-0.39, 0.29) is 12.6 Å². The molecule has 2 heterocycles. The minimum Gasteiger partial charge on any atom is -0.390 e. The fourth-order valence-electron chi connectivity index (χ4n) is 1.95. The molecule has 1 saturated heterocycles. The largest absolute Gasteiger partial charge is 0.390 e. The van der Waals surface area contributed by atoms with Gasteiger partial charge in [-0.3, -0.25) is 4.90 Å². The van der Waals surface area contributed by atoms with Crippen molar-refractivity contribution < 1.29 is 5.11 Å². The number of aromatic nitrogens is 2. The fourth-order valence-corrected chi connectivity index (χ4v) is 1.95. The zero-order valence-electron chi connectivity index (χ0n) is 9.80. The standard InChI is InChI=1S/C11H18N4O/c1-14-5-6-15(2)10(7-14)11-12-4-3-9(8-16)13-11/h3-4,10,16H,5-8H2,1-2H3. The molecular weight excluding hydrogens is 204 g/mol. The quantitative estimate of drug-likeness (QED) is 0.756. The molecule has 1 unspecified atom stereocenters. The first-order chi connectivity index (χ1) is 7.70. The summed E-state index contributed by atoms with van der Waals surface area (Å²) in [7, 11) is 4.20. The van der Waals surface area contributed by atoms with Crippen molar-refractivity contribution in [1.29, 1.82) is 0 Å². The summed E-state index contributed by atoms with van der Waals surface area (Å²) in [6.07, 6.45) is 1.72. The van der Waals surface area contributed by atoms with Crippen LogP contribution in [0.3, 0.4) is 0 Å². The number of nitrogens with zero attached hydrogens (tertiary/aromatic N) is 4. The van der Waals surface area contributed by atoms with Gasteiger partial charge in [0.1, 0.15) is 5.82 Å². The maximum absolute atomic E-state index is 9.06. The van der Waals surface area contributed by atoms with Crippen LogP contribution in [0.15, 0.2) is 12.3 Å². The Bertz CT molecular complexity index is 358. The Balaban J connectivity index is 2.20. The predicted octanol–water partition coefficient (Wildman–Crippen LogP) is -0.113. The fraction of sp³-hybridized carbons (Fsp3) is 0.636. The molecule has 1 aliphatic rings. The molecule has 0 radical (unpaired) electrons. The molecule has 5 heteroatoms. The minimum atomic E-state index is -0.0260. The van der Waals surface area contributed by atoms with E-state index in [0.29, 0.717) is 5.69 Å². The van der Waals surface area contributed by atoms with Crippen molar-refractivity contribution >= 4 is 0 Å². The summed E-state index contributed by atoms with van der Waals surface area (Å²) in [5, 5.41) is 9.06. The molecule has 0 aliphatic carbocycles. The van der Waals surface area contributed by atoms with Gasteiger partial charge in [-0.25, -0.2) is 9.97 Å². The molecule has 5 nitrogen and oxygen atoms in total. The first-order valence-electron chi connectivity index (χ1n) is 5.52. The Hall–Kier alpha value is -1.04. The van der Waals surface area contributed by atoms with Gasteiger partial charge in [0.05, 0.1) is 18.3 Å². The van der Waals surface area contributed by atoms with E-state index in [2.05, 4.69) is 33.9 Å². The van der Waals surface area contributed by atoms with E-state index in [1.807, 2.05) is 0 Å². The van der Waals surface area contributed by atoms with Gasteiger partial charge in [0.15, 0.2) is 0 Å². The van der Waals surface area contributed by atoms with Crippen LogP contribution < -0.4 is 0 Å². The van der Waals surface area contributed by atoms with Crippen LogP contribution in [0, 0.1) is 0 Å². The highest BCUT2D eigenvalue weighted by Gasteiger charge is 2.25. The molecule has 1 aromatic heterocycles. The third-order valence-electron chi connectivity index (χ3n) is 3.04. The van der Waals surface area contributed by atoms with E-state index in [1.165, 1.54) is 0 Å². The Morgan fingerprint density at radius 3 is 3.00 bits per heavy atom. The molecule has 0 bridgehead atoms. The molecule has 16 heavy (non-hydrogen) atoms. The lowest BCUT2D eigenvalue weighted by Gasteiger charge is -2.36. The second kappa shape index (κ2) is 4.86. The van der Waals surface area contributed by atoms with Crippen LogP contribution >= 0.6 is 0 Å². The number of aliphatic hydroxyl groups is 1. The van der Waals surface area contributed by atoms with Crippen molar-refractivity contribution in [3.8, 4) is 0 Å². The van der Waals surface area contributed by atoms with Crippen LogP contribution in [-0.2, 0) is 6.61 Å². The van der Waals surface area contributed by atoms with Crippen LogP contribution in [-0.4, -0.2) is 58.6 Å². The Kier molecular flexibility index (Phi) is 3.48. The van der Waals surface area contributed by atoms with Gasteiger partial charge in [0.2, 0.25) is 0 Å². The third-order valence-corrected chi connectivity index (χ3v) is 3.04. The van der Waals surface area contributed by atoms with Crippen molar-refractivity contribution in [2.24, 2.45) is 0 Å². The van der Waals surface area contributed by atoms with Crippen LogP contribution in [0.25, 0.3) is 0 Å². The summed E-state index contributed by atoms with van der Waals surface area (Å²) in [5.41, 5.74) is 0.687. The molecule has 0 saturated carbocycles. The summed E-state index contributed by atoms with van der Waals surface area (Å²) >= 11 is 0. The van der Waals surface area contributed by atoms with Gasteiger partial charge in [-0.2, -0.15) is 0 Å². The maximum atomic E-state index is 9.06. The molecule has 1 N–H and O–H groups in total. The first kappa shape index (κ1) is 11.4. The third kappa shape index (κ3) is 2.37. The van der Waals surface area contributed by atoms with Crippen molar-refractivity contribution in [3.63, 3.8) is 0 Å². The van der Waals surface area contributed by atoms with E-state index in [0.717, 1.165) is 25.5 Å². The Morgan fingerprint density at radius 1 is 1.44 bits per heavy atom. The number of aliphatic hydroxyl groups excluding tert-OH is 1. The summed E-state index contributed by atoms with van der Waals surface area (Å²) in [4.78, 5) is 13.2. The molecular formula is C11H18N4O. The molecule has 88 valence electrons. The Labute approximate surface area is 95.7 Å². The second-order valence-electron chi connectivity index (χ2n) is 4.32. The predicted molar refractivity (Wildman–Crippen MR) is 60.8 cm³/mol. The average Bonchev–Trinajstić information content (AvgIpc) is 2.32. The van der Waals surface area contributed by atoms with E-state index in [4.69, 9.17) is 5.11 Å². The lowest BCUT2D eigenvalue weighted by atomic mass is 10.1. The number of piperazine rings is 1. The maximum Gasteiger partial charge on any atom is 0.147 e. The molecule has 2 rings (SSSR count). The monoisotopic (exact) mass is 222 g/mol. The van der Waals surface area contributed by atoms with Gasteiger partial charge in [0.25, 0.3) is 0 Å². The molecule has 1 aliphatic heterocycles. The second-order valence-corrected chi connectivity index (χ2v) is 4.32. The lowest BCUT2D eigenvalue weighted by Crippen LogP contribution is -2.45. The van der Waals surface area contributed by atoms with Crippen molar-refractivity contribution in [2.75, 3.05) is 33.7 Å². The van der Waals surface area contributed by atoms with E-state index >= 15 is 0 Å². The topological polar surface area (TPSA) is 52.5 Å². The Morgan fingerprint density at radius 2 is 2.25 bits per heavy atom. The average molecular weight is 222 g/mol. The molecule has 0 amide bonds. The molecule has 0 spiro atoms. The van der Waals surface area contributed by atoms with Gasteiger partial charge in [-0.15, -0.1) is 0 Å². The molecule has 0 aromatic carbocycles. The van der Waals surface area contributed by atoms with Crippen molar-refractivity contribution in [2.45, 2.75) is 12.6 Å². The van der Waals surface area contributed by atoms with E-state index < -0.39 is 0 Å². The highest BCUT2D eigenvalue weighted by molar-refractivity contribution is 5.05. The van der Waals surface area contributed by atoms with Crippen LogP contribution in [0.4, 0.5) is 0 Å². The SMILES string of the molecule is CN1CCN(C)C(c2nccc(CO)n2)C1. The smallest absolute Gasteiger partial charge is 0.147 e. The number of likely N-dealkylation sites (N-methyl/N-ethyl adjacent to an activating group) is 2. The highest BCUT2D eigenvalue weighted by atomic mass is 16.3. The van der Waals surface area contributed by atoms with Crippen LogP contribution in [0.2, 0.25) is 0 Å². The normalized spacial score (nSPS) is 23.6. The van der Waals surface area contributed by atoms with Gasteiger partial charge in [-0.1, -0.05) is 0 Å². The zero-order valence-corrected chi connectivity index (χ0v) is 9.80. The van der Waals surface area contributed by atoms with Gasteiger partial charge >= 0.3 is 0 Å². The van der Waals surface area contributed by atoms with Crippen LogP contribution in [0.5, 0.6) is 0 Å². The molecule has 1 atom stereocenters. The molecule has 1 aromatic rings. The minimum absolute atomic E-state index is 0.0260. The number of hydrogen-bond donors (Lipinski definition) is 1. The number of rotatable bonds is 2. The summed E-state index contributed by atoms with van der Waals surface area (Å²) in [5.74, 6) is 0.806.